The number of carbonyl (C=O) groups is 1. The number of benzene rings is 2. The van der Waals surface area contributed by atoms with E-state index in [9.17, 15) is 18.0 Å². The average Bonchev–Trinajstić information content (AvgIpc) is 2.85. The number of carbonyl (C=O) groups excluding carboxylic acids is 1. The predicted octanol–water partition coefficient (Wildman–Crippen LogP) is 4.41. The third-order valence-electron chi connectivity index (χ3n) is 3.21. The Balaban J connectivity index is 1.85. The van der Waals surface area contributed by atoms with Crippen molar-refractivity contribution in [1.29, 1.82) is 0 Å². The van der Waals surface area contributed by atoms with E-state index in [2.05, 4.69) is 10.3 Å². The second kappa shape index (κ2) is 5.42. The standard InChI is InChI=1S/C16H11F3N2O2/c1-9-20-13-6-5-10(7-14(13)23-9)15(22)21-12-4-2-3-11(8-12)16(17,18)19/h2-8H,1H3,(H,21,22). The summed E-state index contributed by atoms with van der Waals surface area (Å²) >= 11 is 0. The molecule has 0 bridgehead atoms. The number of oxazole rings is 1. The third kappa shape index (κ3) is 3.18. The van der Waals surface area contributed by atoms with Crippen LogP contribution in [0.15, 0.2) is 46.9 Å². The molecule has 0 saturated heterocycles. The van der Waals surface area contributed by atoms with E-state index in [0.717, 1.165) is 12.1 Å². The van der Waals surface area contributed by atoms with E-state index < -0.39 is 17.6 Å². The zero-order valence-corrected chi connectivity index (χ0v) is 11.9. The molecule has 7 heteroatoms. The Morgan fingerprint density at radius 3 is 2.70 bits per heavy atom. The van der Waals surface area contributed by atoms with Gasteiger partial charge in [0.25, 0.3) is 5.91 Å². The van der Waals surface area contributed by atoms with Crippen molar-refractivity contribution in [1.82, 2.24) is 4.98 Å². The molecular weight excluding hydrogens is 309 g/mol. The Bertz CT molecular complexity index is 884. The normalized spacial score (nSPS) is 11.7. The van der Waals surface area contributed by atoms with Crippen molar-refractivity contribution < 1.29 is 22.4 Å². The van der Waals surface area contributed by atoms with Crippen molar-refractivity contribution in [2.45, 2.75) is 13.1 Å². The van der Waals surface area contributed by atoms with Crippen LogP contribution in [0.5, 0.6) is 0 Å². The summed E-state index contributed by atoms with van der Waals surface area (Å²) in [5.41, 5.74) is 0.568. The van der Waals surface area contributed by atoms with Crippen molar-refractivity contribution >= 4 is 22.7 Å². The summed E-state index contributed by atoms with van der Waals surface area (Å²) in [6, 6.07) is 9.11. The Kier molecular flexibility index (Phi) is 3.55. The molecule has 118 valence electrons. The number of alkyl halides is 3. The van der Waals surface area contributed by atoms with Gasteiger partial charge in [0.15, 0.2) is 11.5 Å². The van der Waals surface area contributed by atoms with Crippen LogP contribution in [0, 0.1) is 6.92 Å². The van der Waals surface area contributed by atoms with Gasteiger partial charge >= 0.3 is 6.18 Å². The molecule has 0 aliphatic carbocycles. The topological polar surface area (TPSA) is 55.1 Å². The molecule has 1 N–H and O–H groups in total. The van der Waals surface area contributed by atoms with E-state index in [1.54, 1.807) is 13.0 Å². The van der Waals surface area contributed by atoms with Crippen molar-refractivity contribution in [2.75, 3.05) is 5.32 Å². The van der Waals surface area contributed by atoms with Crippen LogP contribution < -0.4 is 5.32 Å². The molecule has 3 aromatic rings. The van der Waals surface area contributed by atoms with Crippen LogP contribution >= 0.6 is 0 Å². The van der Waals surface area contributed by atoms with Crippen LogP contribution in [0.25, 0.3) is 11.1 Å². The quantitative estimate of drug-likeness (QED) is 0.761. The maximum absolute atomic E-state index is 12.7. The summed E-state index contributed by atoms with van der Waals surface area (Å²) in [4.78, 5) is 16.3. The number of halogens is 3. The third-order valence-corrected chi connectivity index (χ3v) is 3.21. The molecule has 0 atom stereocenters. The summed E-state index contributed by atoms with van der Waals surface area (Å²) in [5.74, 6) is -0.0595. The molecular formula is C16H11F3N2O2. The second-order valence-electron chi connectivity index (χ2n) is 4.95. The predicted molar refractivity (Wildman–Crippen MR) is 78.1 cm³/mol. The van der Waals surface area contributed by atoms with Crippen LogP contribution in [-0.4, -0.2) is 10.9 Å². The zero-order chi connectivity index (χ0) is 16.6. The van der Waals surface area contributed by atoms with E-state index in [1.807, 2.05) is 0 Å². The Morgan fingerprint density at radius 1 is 1.17 bits per heavy atom. The minimum absolute atomic E-state index is 0.0682. The van der Waals surface area contributed by atoms with Gasteiger partial charge in [-0.05, 0) is 36.4 Å². The lowest BCUT2D eigenvalue weighted by Gasteiger charge is -2.09. The molecule has 4 nitrogen and oxygen atoms in total. The fraction of sp³-hybridized carbons (Fsp3) is 0.125. The number of nitrogens with zero attached hydrogens (tertiary/aromatic N) is 1. The molecule has 0 aliphatic heterocycles. The van der Waals surface area contributed by atoms with Gasteiger partial charge in [-0.2, -0.15) is 13.2 Å². The Morgan fingerprint density at radius 2 is 1.96 bits per heavy atom. The van der Waals surface area contributed by atoms with E-state index in [4.69, 9.17) is 4.42 Å². The average molecular weight is 320 g/mol. The van der Waals surface area contributed by atoms with Crippen molar-refractivity contribution in [3.63, 3.8) is 0 Å². The van der Waals surface area contributed by atoms with E-state index in [1.165, 1.54) is 24.3 Å². The molecule has 23 heavy (non-hydrogen) atoms. The SMILES string of the molecule is Cc1nc2ccc(C(=O)Nc3cccc(C(F)(F)F)c3)cc2o1. The highest BCUT2D eigenvalue weighted by molar-refractivity contribution is 6.05. The summed E-state index contributed by atoms with van der Waals surface area (Å²) < 4.78 is 43.4. The lowest BCUT2D eigenvalue weighted by Crippen LogP contribution is -2.13. The van der Waals surface area contributed by atoms with Gasteiger partial charge in [0, 0.05) is 18.2 Å². The minimum atomic E-state index is -4.46. The first kappa shape index (κ1) is 15.1. The Hall–Kier alpha value is -2.83. The fourth-order valence-corrected chi connectivity index (χ4v) is 2.16. The molecule has 1 aromatic heterocycles. The first-order valence-electron chi connectivity index (χ1n) is 6.69. The number of fused-ring (bicyclic) bond motifs is 1. The maximum atomic E-state index is 12.7. The van der Waals surface area contributed by atoms with Gasteiger partial charge in [-0.25, -0.2) is 4.98 Å². The monoisotopic (exact) mass is 320 g/mol. The summed E-state index contributed by atoms with van der Waals surface area (Å²) in [6.07, 6.45) is -4.46. The number of nitrogens with one attached hydrogen (secondary N) is 1. The maximum Gasteiger partial charge on any atom is 0.416 e. The number of hydrogen-bond donors (Lipinski definition) is 1. The van der Waals surface area contributed by atoms with Gasteiger partial charge in [-0.3, -0.25) is 4.79 Å². The molecule has 2 aromatic carbocycles. The van der Waals surface area contributed by atoms with Crippen LogP contribution in [-0.2, 0) is 6.18 Å². The van der Waals surface area contributed by atoms with E-state index in [0.29, 0.717) is 17.0 Å². The lowest BCUT2D eigenvalue weighted by atomic mass is 10.1. The first-order valence-corrected chi connectivity index (χ1v) is 6.69. The molecule has 1 amide bonds. The number of hydrogen-bond acceptors (Lipinski definition) is 3. The highest BCUT2D eigenvalue weighted by Gasteiger charge is 2.30. The first-order chi connectivity index (χ1) is 10.8. The number of anilines is 1. The molecule has 0 radical (unpaired) electrons. The van der Waals surface area contributed by atoms with Gasteiger partial charge in [0.1, 0.15) is 5.52 Å². The van der Waals surface area contributed by atoms with Crippen LogP contribution in [0.4, 0.5) is 18.9 Å². The fourth-order valence-electron chi connectivity index (χ4n) is 2.16. The van der Waals surface area contributed by atoms with Crippen LogP contribution in [0.2, 0.25) is 0 Å². The summed E-state index contributed by atoms with van der Waals surface area (Å²) in [6.45, 7) is 1.68. The molecule has 0 spiro atoms. The molecule has 3 rings (SSSR count). The molecule has 0 saturated carbocycles. The smallest absolute Gasteiger partial charge is 0.416 e. The lowest BCUT2D eigenvalue weighted by molar-refractivity contribution is -0.137. The molecule has 0 aliphatic rings. The summed E-state index contributed by atoms with van der Waals surface area (Å²) in [7, 11) is 0. The number of rotatable bonds is 2. The van der Waals surface area contributed by atoms with Crippen LogP contribution in [0.3, 0.4) is 0 Å². The number of aryl methyl sites for hydroxylation is 1. The van der Waals surface area contributed by atoms with Gasteiger partial charge < -0.3 is 9.73 Å². The summed E-state index contributed by atoms with van der Waals surface area (Å²) in [5, 5.41) is 2.44. The largest absolute Gasteiger partial charge is 0.441 e. The van der Waals surface area contributed by atoms with Crippen molar-refractivity contribution in [2.24, 2.45) is 0 Å². The van der Waals surface area contributed by atoms with Crippen LogP contribution in [0.1, 0.15) is 21.8 Å². The van der Waals surface area contributed by atoms with E-state index in [-0.39, 0.29) is 11.3 Å². The highest BCUT2D eigenvalue weighted by atomic mass is 19.4. The number of amides is 1. The van der Waals surface area contributed by atoms with Crippen molar-refractivity contribution in [3.8, 4) is 0 Å². The van der Waals surface area contributed by atoms with Gasteiger partial charge in [0.05, 0.1) is 5.56 Å². The van der Waals surface area contributed by atoms with Gasteiger partial charge in [0.2, 0.25) is 0 Å². The van der Waals surface area contributed by atoms with E-state index >= 15 is 0 Å². The number of aromatic nitrogens is 1. The van der Waals surface area contributed by atoms with Crippen molar-refractivity contribution in [3.05, 3.63) is 59.5 Å². The molecule has 1 heterocycles. The van der Waals surface area contributed by atoms with Gasteiger partial charge in [-0.15, -0.1) is 0 Å². The minimum Gasteiger partial charge on any atom is -0.441 e. The molecule has 0 unspecified atom stereocenters. The second-order valence-corrected chi connectivity index (χ2v) is 4.95. The Labute approximate surface area is 128 Å². The zero-order valence-electron chi connectivity index (χ0n) is 11.9. The highest BCUT2D eigenvalue weighted by Crippen LogP contribution is 2.30. The molecule has 0 fully saturated rings. The van der Waals surface area contributed by atoms with Gasteiger partial charge in [-0.1, -0.05) is 6.07 Å².